The molecule has 2 heterocycles. The number of aromatic amines is 1. The first-order chi connectivity index (χ1) is 11.0. The molecule has 0 unspecified atom stereocenters. The predicted molar refractivity (Wildman–Crippen MR) is 92.5 cm³/mol. The van der Waals surface area contributed by atoms with Crippen molar-refractivity contribution in [1.29, 1.82) is 0 Å². The second-order valence-corrected chi connectivity index (χ2v) is 6.94. The smallest absolute Gasteiger partial charge is 0.219 e. The van der Waals surface area contributed by atoms with Crippen molar-refractivity contribution >= 4 is 16.7 Å². The van der Waals surface area contributed by atoms with Crippen LogP contribution in [-0.4, -0.2) is 36.5 Å². The largest absolute Gasteiger partial charge is 0.497 e. The quantitative estimate of drug-likeness (QED) is 0.852. The first-order valence-electron chi connectivity index (χ1n) is 8.56. The Morgan fingerprint density at radius 3 is 2.65 bits per heavy atom. The van der Waals surface area contributed by atoms with Crippen molar-refractivity contribution in [3.05, 3.63) is 29.5 Å². The number of aromatic nitrogens is 1. The van der Waals surface area contributed by atoms with Crippen LogP contribution in [0, 0.1) is 6.92 Å². The van der Waals surface area contributed by atoms with Gasteiger partial charge >= 0.3 is 0 Å². The molecule has 2 aromatic rings. The number of H-pyrrole nitrogens is 1. The SMILES string of the molecule is COc1ccc2[nH]c(C)c(C(=O)C[NH+]3[C@@H](C)CCC[C@@H]3C)c2c1. The van der Waals surface area contributed by atoms with Crippen molar-refractivity contribution in [2.45, 2.75) is 52.1 Å². The highest BCUT2D eigenvalue weighted by molar-refractivity contribution is 6.10. The van der Waals surface area contributed by atoms with Crippen molar-refractivity contribution in [2.75, 3.05) is 13.7 Å². The Balaban J connectivity index is 1.92. The molecule has 4 heteroatoms. The van der Waals surface area contributed by atoms with Gasteiger partial charge in [0, 0.05) is 16.6 Å². The van der Waals surface area contributed by atoms with Gasteiger partial charge in [-0.15, -0.1) is 0 Å². The van der Waals surface area contributed by atoms with Gasteiger partial charge in [-0.1, -0.05) is 0 Å². The Hall–Kier alpha value is -1.81. The molecule has 0 spiro atoms. The standard InChI is InChI=1S/C19H26N2O2/c1-12-6-5-7-13(2)21(12)11-18(22)19-14(3)20-17-9-8-15(23-4)10-16(17)19/h8-10,12-13,20H,5-7,11H2,1-4H3/p+1/t12-,13-/m0/s1. The first-order valence-corrected chi connectivity index (χ1v) is 8.56. The predicted octanol–water partition coefficient (Wildman–Crippen LogP) is 2.51. The van der Waals surface area contributed by atoms with Gasteiger partial charge in [-0.25, -0.2) is 0 Å². The van der Waals surface area contributed by atoms with Crippen molar-refractivity contribution in [3.63, 3.8) is 0 Å². The number of methoxy groups -OCH3 is 1. The highest BCUT2D eigenvalue weighted by Crippen LogP contribution is 2.26. The average Bonchev–Trinajstić information content (AvgIpc) is 2.85. The van der Waals surface area contributed by atoms with Crippen LogP contribution in [0.4, 0.5) is 0 Å². The second kappa shape index (κ2) is 6.36. The molecule has 3 rings (SSSR count). The summed E-state index contributed by atoms with van der Waals surface area (Å²) in [5.74, 6) is 1.02. The van der Waals surface area contributed by atoms with Crippen LogP contribution in [-0.2, 0) is 0 Å². The fourth-order valence-corrected chi connectivity index (χ4v) is 4.00. The van der Waals surface area contributed by atoms with E-state index in [-0.39, 0.29) is 5.78 Å². The molecular weight excluding hydrogens is 288 g/mol. The molecule has 1 aromatic heterocycles. The van der Waals surface area contributed by atoms with E-state index in [9.17, 15) is 4.79 Å². The van der Waals surface area contributed by atoms with E-state index in [1.807, 2.05) is 25.1 Å². The minimum absolute atomic E-state index is 0.234. The van der Waals surface area contributed by atoms with Crippen molar-refractivity contribution in [3.8, 4) is 5.75 Å². The van der Waals surface area contributed by atoms with Crippen LogP contribution >= 0.6 is 0 Å². The molecule has 1 fully saturated rings. The summed E-state index contributed by atoms with van der Waals surface area (Å²) < 4.78 is 5.32. The molecule has 1 aromatic carbocycles. The van der Waals surface area contributed by atoms with Crippen molar-refractivity contribution in [2.24, 2.45) is 0 Å². The van der Waals surface area contributed by atoms with Gasteiger partial charge in [0.15, 0.2) is 0 Å². The highest BCUT2D eigenvalue weighted by Gasteiger charge is 2.31. The van der Waals surface area contributed by atoms with Crippen LogP contribution < -0.4 is 9.64 Å². The van der Waals surface area contributed by atoms with E-state index in [0.29, 0.717) is 18.6 Å². The molecular formula is C19H27N2O2+. The van der Waals surface area contributed by atoms with Gasteiger partial charge in [0.2, 0.25) is 5.78 Å². The number of fused-ring (bicyclic) bond motifs is 1. The van der Waals surface area contributed by atoms with Gasteiger partial charge in [0.05, 0.1) is 24.8 Å². The minimum Gasteiger partial charge on any atom is -0.497 e. The number of hydrogen-bond donors (Lipinski definition) is 2. The fraction of sp³-hybridized carbons (Fsp3) is 0.526. The number of carbonyl (C=O) groups excluding carboxylic acids is 1. The maximum atomic E-state index is 13.0. The third kappa shape index (κ3) is 3.00. The van der Waals surface area contributed by atoms with Gasteiger partial charge in [-0.3, -0.25) is 4.79 Å². The number of carbonyl (C=O) groups is 1. The molecule has 0 bridgehead atoms. The van der Waals surface area contributed by atoms with Gasteiger partial charge in [-0.05, 0) is 58.2 Å². The number of Topliss-reactive ketones (excluding diaryl/α,β-unsaturated/α-hetero) is 1. The van der Waals surface area contributed by atoms with E-state index >= 15 is 0 Å². The molecule has 4 nitrogen and oxygen atoms in total. The molecule has 1 aliphatic heterocycles. The Kier molecular flexibility index (Phi) is 4.44. The summed E-state index contributed by atoms with van der Waals surface area (Å²) in [4.78, 5) is 17.8. The zero-order valence-corrected chi connectivity index (χ0v) is 14.5. The third-order valence-corrected chi connectivity index (χ3v) is 5.38. The van der Waals surface area contributed by atoms with E-state index in [4.69, 9.17) is 4.74 Å². The number of piperidine rings is 1. The number of likely N-dealkylation sites (tertiary alicyclic amines) is 1. The monoisotopic (exact) mass is 315 g/mol. The lowest BCUT2D eigenvalue weighted by atomic mass is 9.96. The molecule has 1 aliphatic rings. The summed E-state index contributed by atoms with van der Waals surface area (Å²) in [6.45, 7) is 7.10. The summed E-state index contributed by atoms with van der Waals surface area (Å²) in [7, 11) is 1.66. The summed E-state index contributed by atoms with van der Waals surface area (Å²) in [5, 5.41) is 0.976. The molecule has 23 heavy (non-hydrogen) atoms. The van der Waals surface area contributed by atoms with Crippen LogP contribution in [0.15, 0.2) is 18.2 Å². The van der Waals surface area contributed by atoms with E-state index < -0.39 is 0 Å². The van der Waals surface area contributed by atoms with E-state index in [1.54, 1.807) is 7.11 Å². The Bertz CT molecular complexity index is 709. The normalized spacial score (nSPS) is 22.4. The number of hydrogen-bond acceptors (Lipinski definition) is 2. The molecule has 2 N–H and O–H groups in total. The van der Waals surface area contributed by atoms with E-state index in [1.165, 1.54) is 24.2 Å². The zero-order chi connectivity index (χ0) is 16.6. The Morgan fingerprint density at radius 2 is 2.00 bits per heavy atom. The third-order valence-electron chi connectivity index (χ3n) is 5.38. The van der Waals surface area contributed by atoms with Crippen molar-refractivity contribution < 1.29 is 14.4 Å². The number of benzene rings is 1. The van der Waals surface area contributed by atoms with Gasteiger partial charge < -0.3 is 14.6 Å². The summed E-state index contributed by atoms with van der Waals surface area (Å²) in [5.41, 5.74) is 2.78. The van der Waals surface area contributed by atoms with Crippen LogP contribution in [0.3, 0.4) is 0 Å². The van der Waals surface area contributed by atoms with Crippen LogP contribution in [0.25, 0.3) is 10.9 Å². The Morgan fingerprint density at radius 1 is 1.30 bits per heavy atom. The minimum atomic E-state index is 0.234. The van der Waals surface area contributed by atoms with Gasteiger partial charge in [0.1, 0.15) is 12.3 Å². The van der Waals surface area contributed by atoms with E-state index in [2.05, 4.69) is 18.8 Å². The number of rotatable bonds is 4. The first kappa shape index (κ1) is 16.1. The lowest BCUT2D eigenvalue weighted by molar-refractivity contribution is -0.943. The number of quaternary nitrogens is 1. The molecule has 0 aliphatic carbocycles. The average molecular weight is 315 g/mol. The lowest BCUT2D eigenvalue weighted by Crippen LogP contribution is -3.20. The summed E-state index contributed by atoms with van der Waals surface area (Å²) >= 11 is 0. The van der Waals surface area contributed by atoms with Gasteiger partial charge in [0.25, 0.3) is 0 Å². The molecule has 2 atom stereocenters. The fourth-order valence-electron chi connectivity index (χ4n) is 4.00. The maximum Gasteiger partial charge on any atom is 0.219 e. The number of ether oxygens (including phenoxy) is 1. The summed E-state index contributed by atoms with van der Waals surface area (Å²) in [6, 6.07) is 6.99. The maximum absolute atomic E-state index is 13.0. The molecule has 0 radical (unpaired) electrons. The molecule has 0 saturated carbocycles. The molecule has 124 valence electrons. The number of ketones is 1. The van der Waals surface area contributed by atoms with Crippen molar-refractivity contribution in [1.82, 2.24) is 4.98 Å². The van der Waals surface area contributed by atoms with Crippen LogP contribution in [0.5, 0.6) is 5.75 Å². The topological polar surface area (TPSA) is 46.5 Å². The molecule has 1 saturated heterocycles. The lowest BCUT2D eigenvalue weighted by Gasteiger charge is -2.35. The van der Waals surface area contributed by atoms with Gasteiger partial charge in [-0.2, -0.15) is 0 Å². The number of aryl methyl sites for hydroxylation is 1. The number of nitrogens with one attached hydrogen (secondary N) is 2. The highest BCUT2D eigenvalue weighted by atomic mass is 16.5. The second-order valence-electron chi connectivity index (χ2n) is 6.94. The zero-order valence-electron chi connectivity index (χ0n) is 14.5. The molecule has 0 amide bonds. The van der Waals surface area contributed by atoms with Crippen LogP contribution in [0.2, 0.25) is 0 Å². The Labute approximate surface area is 137 Å². The summed E-state index contributed by atoms with van der Waals surface area (Å²) in [6.07, 6.45) is 3.71. The van der Waals surface area contributed by atoms with E-state index in [0.717, 1.165) is 27.9 Å². The van der Waals surface area contributed by atoms with Crippen LogP contribution in [0.1, 0.15) is 49.2 Å².